The largest absolute Gasteiger partial charge is 0.337 e. The number of amides is 2. The Hall–Kier alpha value is -1.30. The molecule has 2 amide bonds. The first-order valence-electron chi connectivity index (χ1n) is 4.81. The van der Waals surface area contributed by atoms with E-state index in [2.05, 4.69) is 15.6 Å². The summed E-state index contributed by atoms with van der Waals surface area (Å²) in [6, 6.07) is 2.32. The Kier molecular flexibility index (Phi) is 5.04. The van der Waals surface area contributed by atoms with Crippen LogP contribution in [0.15, 0.2) is 18.3 Å². The lowest BCUT2D eigenvalue weighted by Crippen LogP contribution is -2.33. The molecule has 0 aliphatic carbocycles. The number of hydrogen-bond acceptors (Lipinski definition) is 3. The van der Waals surface area contributed by atoms with Crippen LogP contribution in [-0.4, -0.2) is 29.1 Å². The minimum absolute atomic E-state index is 0.329. The summed E-state index contributed by atoms with van der Waals surface area (Å²) < 4.78 is 12.5. The number of hydrogen-bond donors (Lipinski definition) is 2. The molecule has 0 aromatic carbocycles. The van der Waals surface area contributed by atoms with Crippen LogP contribution in [-0.2, 0) is 0 Å². The zero-order valence-corrected chi connectivity index (χ0v) is 9.97. The Bertz CT molecular complexity index is 344. The molecule has 0 radical (unpaired) electrons. The molecule has 0 unspecified atom stereocenters. The van der Waals surface area contributed by atoms with Crippen molar-refractivity contribution in [3.8, 4) is 0 Å². The average Bonchev–Trinajstić information content (AvgIpc) is 2.29. The van der Waals surface area contributed by atoms with E-state index in [1.54, 1.807) is 11.8 Å². The number of pyridine rings is 1. The van der Waals surface area contributed by atoms with Crippen LogP contribution in [0.4, 0.5) is 15.0 Å². The van der Waals surface area contributed by atoms with Gasteiger partial charge in [-0.15, -0.1) is 0 Å². The van der Waals surface area contributed by atoms with Gasteiger partial charge >= 0.3 is 6.03 Å². The number of thioether (sulfide) groups is 1. The number of carbonyl (C=O) groups is 1. The molecule has 0 bridgehead atoms. The lowest BCUT2D eigenvalue weighted by molar-refractivity contribution is 0.252. The van der Waals surface area contributed by atoms with Gasteiger partial charge in [0.05, 0.1) is 6.20 Å². The minimum atomic E-state index is -0.429. The van der Waals surface area contributed by atoms with E-state index >= 15 is 0 Å². The molecule has 1 atom stereocenters. The standard InChI is InChI=1S/C10H14FN3OS/c1-7(16-2)5-13-10(15)14-9-4-3-8(11)6-12-9/h3-4,6-7H,5H2,1-2H3,(H2,12,13,14,15)/t7-/m1/s1. The van der Waals surface area contributed by atoms with E-state index in [0.29, 0.717) is 17.6 Å². The van der Waals surface area contributed by atoms with Crippen molar-refractivity contribution in [3.63, 3.8) is 0 Å². The van der Waals surface area contributed by atoms with Gasteiger partial charge < -0.3 is 5.32 Å². The lowest BCUT2D eigenvalue weighted by Gasteiger charge is -2.10. The maximum absolute atomic E-state index is 12.5. The van der Waals surface area contributed by atoms with Gasteiger partial charge in [-0.1, -0.05) is 6.92 Å². The normalized spacial score (nSPS) is 11.9. The minimum Gasteiger partial charge on any atom is -0.337 e. The summed E-state index contributed by atoms with van der Waals surface area (Å²) in [5.41, 5.74) is 0. The van der Waals surface area contributed by atoms with Crippen LogP contribution >= 0.6 is 11.8 Å². The highest BCUT2D eigenvalue weighted by Gasteiger charge is 2.04. The maximum atomic E-state index is 12.5. The molecule has 0 fully saturated rings. The number of carbonyl (C=O) groups excluding carboxylic acids is 1. The third-order valence-corrected chi connectivity index (χ3v) is 2.89. The molecule has 6 heteroatoms. The molecule has 0 saturated carbocycles. The van der Waals surface area contributed by atoms with E-state index in [9.17, 15) is 9.18 Å². The summed E-state index contributed by atoms with van der Waals surface area (Å²) in [5.74, 6) is -0.0994. The quantitative estimate of drug-likeness (QED) is 0.851. The lowest BCUT2D eigenvalue weighted by atomic mass is 10.4. The summed E-state index contributed by atoms with van der Waals surface area (Å²) >= 11 is 1.67. The Balaban J connectivity index is 2.37. The molecule has 2 N–H and O–H groups in total. The van der Waals surface area contributed by atoms with Crippen molar-refractivity contribution in [1.82, 2.24) is 10.3 Å². The highest BCUT2D eigenvalue weighted by atomic mass is 32.2. The molecule has 0 aliphatic rings. The highest BCUT2D eigenvalue weighted by Crippen LogP contribution is 2.04. The molecule has 4 nitrogen and oxygen atoms in total. The predicted molar refractivity (Wildman–Crippen MR) is 64.2 cm³/mol. The SMILES string of the molecule is CS[C@H](C)CNC(=O)Nc1ccc(F)cn1. The highest BCUT2D eigenvalue weighted by molar-refractivity contribution is 7.99. The van der Waals surface area contributed by atoms with E-state index in [4.69, 9.17) is 0 Å². The third-order valence-electron chi connectivity index (χ3n) is 1.92. The van der Waals surface area contributed by atoms with Crippen LogP contribution in [0.25, 0.3) is 0 Å². The Morgan fingerprint density at radius 3 is 2.94 bits per heavy atom. The number of nitrogens with zero attached hydrogens (tertiary/aromatic N) is 1. The van der Waals surface area contributed by atoms with E-state index in [0.717, 1.165) is 6.20 Å². The van der Waals surface area contributed by atoms with Crippen molar-refractivity contribution >= 4 is 23.6 Å². The first-order chi connectivity index (χ1) is 7.61. The van der Waals surface area contributed by atoms with Gasteiger partial charge in [0.2, 0.25) is 0 Å². The topological polar surface area (TPSA) is 54.0 Å². The second-order valence-electron chi connectivity index (χ2n) is 3.24. The van der Waals surface area contributed by atoms with Crippen molar-refractivity contribution in [2.75, 3.05) is 18.1 Å². The smallest absolute Gasteiger partial charge is 0.320 e. The van der Waals surface area contributed by atoms with Crippen LogP contribution in [0.3, 0.4) is 0 Å². The van der Waals surface area contributed by atoms with Gasteiger partial charge in [0.25, 0.3) is 0 Å². The summed E-state index contributed by atoms with van der Waals surface area (Å²) in [6.45, 7) is 2.59. The molecule has 1 aromatic rings. The fourth-order valence-electron chi connectivity index (χ4n) is 0.930. The van der Waals surface area contributed by atoms with Crippen molar-refractivity contribution in [3.05, 3.63) is 24.1 Å². The molecule has 0 aliphatic heterocycles. The van der Waals surface area contributed by atoms with Gasteiger partial charge in [-0.25, -0.2) is 14.2 Å². The predicted octanol–water partition coefficient (Wildman–Crippen LogP) is 2.09. The molecule has 16 heavy (non-hydrogen) atoms. The summed E-state index contributed by atoms with van der Waals surface area (Å²) in [6.07, 6.45) is 3.03. The average molecular weight is 243 g/mol. The van der Waals surface area contributed by atoms with Gasteiger partial charge in [0.15, 0.2) is 0 Å². The Morgan fingerprint density at radius 2 is 2.38 bits per heavy atom. The van der Waals surface area contributed by atoms with Crippen molar-refractivity contribution in [2.24, 2.45) is 0 Å². The van der Waals surface area contributed by atoms with Gasteiger partial charge in [-0.05, 0) is 18.4 Å². The molecule has 0 saturated heterocycles. The number of nitrogens with one attached hydrogen (secondary N) is 2. The number of urea groups is 1. The summed E-state index contributed by atoms with van der Waals surface area (Å²) in [4.78, 5) is 15.1. The molecule has 0 spiro atoms. The summed E-state index contributed by atoms with van der Waals surface area (Å²) in [7, 11) is 0. The molecule has 1 rings (SSSR count). The fraction of sp³-hybridized carbons (Fsp3) is 0.400. The van der Waals surface area contributed by atoms with Gasteiger partial charge in [0, 0.05) is 11.8 Å². The monoisotopic (exact) mass is 243 g/mol. The van der Waals surface area contributed by atoms with Crippen LogP contribution in [0.5, 0.6) is 0 Å². The molecule has 1 heterocycles. The fourth-order valence-corrected chi connectivity index (χ4v) is 1.18. The van der Waals surface area contributed by atoms with Crippen molar-refractivity contribution in [1.29, 1.82) is 0 Å². The third kappa shape index (κ3) is 4.48. The zero-order chi connectivity index (χ0) is 12.0. The van der Waals surface area contributed by atoms with Gasteiger partial charge in [0.1, 0.15) is 11.6 Å². The van der Waals surface area contributed by atoms with E-state index < -0.39 is 5.82 Å². The Labute approximate surface area is 98.0 Å². The number of anilines is 1. The molecule has 1 aromatic heterocycles. The number of halogens is 1. The van der Waals surface area contributed by atoms with Crippen LogP contribution in [0.1, 0.15) is 6.92 Å². The maximum Gasteiger partial charge on any atom is 0.320 e. The molecular formula is C10H14FN3OS. The second kappa shape index (κ2) is 6.32. The molecular weight excluding hydrogens is 229 g/mol. The number of aromatic nitrogens is 1. The second-order valence-corrected chi connectivity index (χ2v) is 4.52. The van der Waals surface area contributed by atoms with Crippen LogP contribution < -0.4 is 10.6 Å². The van der Waals surface area contributed by atoms with E-state index in [-0.39, 0.29) is 6.03 Å². The first-order valence-corrected chi connectivity index (χ1v) is 6.10. The van der Waals surface area contributed by atoms with Crippen molar-refractivity contribution in [2.45, 2.75) is 12.2 Å². The Morgan fingerprint density at radius 1 is 1.62 bits per heavy atom. The zero-order valence-electron chi connectivity index (χ0n) is 9.16. The summed E-state index contributed by atoms with van der Waals surface area (Å²) in [5, 5.41) is 5.56. The first kappa shape index (κ1) is 12.8. The van der Waals surface area contributed by atoms with Gasteiger partial charge in [-0.2, -0.15) is 11.8 Å². The van der Waals surface area contributed by atoms with Crippen molar-refractivity contribution < 1.29 is 9.18 Å². The number of rotatable bonds is 4. The van der Waals surface area contributed by atoms with Crippen LogP contribution in [0.2, 0.25) is 0 Å². The van der Waals surface area contributed by atoms with E-state index in [1.165, 1.54) is 12.1 Å². The van der Waals surface area contributed by atoms with Gasteiger partial charge in [-0.3, -0.25) is 5.32 Å². The van der Waals surface area contributed by atoms with Crippen LogP contribution in [0, 0.1) is 5.82 Å². The van der Waals surface area contributed by atoms with E-state index in [1.807, 2.05) is 13.2 Å². The molecule has 88 valence electrons.